The van der Waals surface area contributed by atoms with Crippen LogP contribution in [0.5, 0.6) is 0 Å². The van der Waals surface area contributed by atoms with Gasteiger partial charge in [-0.15, -0.1) is 0 Å². The standard InChI is InChI=1S/C21H24ClN5O/c1-13(2)19(12-28)26-21-25-18(17-6-4-5-9-23-17)11-20(27-21)24-16-8-7-14(3)10-15(16)22/h4-11,13,19,28H,12H2,1-3H3,(H2,24,25,26,27)/t19-/m1/s1. The summed E-state index contributed by atoms with van der Waals surface area (Å²) in [6.07, 6.45) is 1.72. The average molecular weight is 398 g/mol. The van der Waals surface area contributed by atoms with E-state index in [1.165, 1.54) is 0 Å². The highest BCUT2D eigenvalue weighted by atomic mass is 35.5. The Kier molecular flexibility index (Phi) is 6.44. The van der Waals surface area contributed by atoms with Crippen molar-refractivity contribution < 1.29 is 5.11 Å². The number of nitrogens with zero attached hydrogens (tertiary/aromatic N) is 3. The Bertz CT molecular complexity index is 933. The third-order valence-electron chi connectivity index (χ3n) is 4.36. The molecule has 0 fully saturated rings. The number of halogens is 1. The van der Waals surface area contributed by atoms with Crippen LogP contribution in [0, 0.1) is 12.8 Å². The first-order chi connectivity index (χ1) is 13.5. The maximum absolute atomic E-state index is 9.65. The average Bonchev–Trinajstić information content (AvgIpc) is 2.68. The van der Waals surface area contributed by atoms with Crippen LogP contribution in [0.1, 0.15) is 19.4 Å². The van der Waals surface area contributed by atoms with Crippen molar-refractivity contribution in [1.29, 1.82) is 0 Å². The lowest BCUT2D eigenvalue weighted by atomic mass is 10.1. The number of anilines is 3. The number of benzene rings is 1. The molecular formula is C21H24ClN5O. The van der Waals surface area contributed by atoms with E-state index in [4.69, 9.17) is 11.6 Å². The van der Waals surface area contributed by atoms with Crippen LogP contribution in [0.2, 0.25) is 5.02 Å². The van der Waals surface area contributed by atoms with Crippen LogP contribution in [0.4, 0.5) is 17.5 Å². The number of nitrogens with one attached hydrogen (secondary N) is 2. The normalized spacial score (nSPS) is 12.1. The van der Waals surface area contributed by atoms with E-state index in [0.29, 0.717) is 22.5 Å². The Morgan fingerprint density at radius 2 is 1.89 bits per heavy atom. The third kappa shape index (κ3) is 4.97. The molecule has 0 spiro atoms. The van der Waals surface area contributed by atoms with Crippen molar-refractivity contribution in [2.45, 2.75) is 26.8 Å². The first-order valence-corrected chi connectivity index (χ1v) is 9.55. The highest BCUT2D eigenvalue weighted by Gasteiger charge is 2.15. The van der Waals surface area contributed by atoms with Gasteiger partial charge in [0.25, 0.3) is 0 Å². The molecule has 0 unspecified atom stereocenters. The van der Waals surface area contributed by atoms with Gasteiger partial charge < -0.3 is 15.7 Å². The molecule has 2 aromatic heterocycles. The van der Waals surface area contributed by atoms with Crippen molar-refractivity contribution in [3.05, 3.63) is 59.2 Å². The first kappa shape index (κ1) is 20.0. The molecule has 0 aliphatic heterocycles. The summed E-state index contributed by atoms with van der Waals surface area (Å²) in [5.41, 5.74) is 3.24. The summed E-state index contributed by atoms with van der Waals surface area (Å²) in [4.78, 5) is 13.5. The fourth-order valence-electron chi connectivity index (χ4n) is 2.67. The second-order valence-electron chi connectivity index (χ2n) is 6.96. The molecule has 146 valence electrons. The van der Waals surface area contributed by atoms with Gasteiger partial charge in [-0.05, 0) is 42.7 Å². The lowest BCUT2D eigenvalue weighted by molar-refractivity contribution is 0.248. The van der Waals surface area contributed by atoms with E-state index in [0.717, 1.165) is 16.9 Å². The molecule has 1 atom stereocenters. The van der Waals surface area contributed by atoms with E-state index in [1.807, 2.05) is 63.2 Å². The monoisotopic (exact) mass is 397 g/mol. The third-order valence-corrected chi connectivity index (χ3v) is 4.67. The van der Waals surface area contributed by atoms with Crippen molar-refractivity contribution in [2.75, 3.05) is 17.2 Å². The van der Waals surface area contributed by atoms with Gasteiger partial charge in [0.15, 0.2) is 0 Å². The van der Waals surface area contributed by atoms with Gasteiger partial charge in [0, 0.05) is 12.3 Å². The molecule has 2 heterocycles. The number of aromatic nitrogens is 3. The summed E-state index contributed by atoms with van der Waals surface area (Å²) in [5, 5.41) is 16.7. The van der Waals surface area contributed by atoms with Gasteiger partial charge in [-0.1, -0.05) is 37.6 Å². The van der Waals surface area contributed by atoms with Gasteiger partial charge in [0.05, 0.1) is 34.7 Å². The fourth-order valence-corrected chi connectivity index (χ4v) is 2.95. The van der Waals surface area contributed by atoms with E-state index in [1.54, 1.807) is 6.20 Å². The molecule has 0 aliphatic rings. The van der Waals surface area contributed by atoms with Crippen LogP contribution < -0.4 is 10.6 Å². The smallest absolute Gasteiger partial charge is 0.225 e. The summed E-state index contributed by atoms with van der Waals surface area (Å²) in [7, 11) is 0. The molecule has 0 saturated heterocycles. The van der Waals surface area contributed by atoms with E-state index in [-0.39, 0.29) is 18.6 Å². The second kappa shape index (κ2) is 8.99. The van der Waals surface area contributed by atoms with Crippen molar-refractivity contribution in [1.82, 2.24) is 15.0 Å². The Morgan fingerprint density at radius 1 is 1.07 bits per heavy atom. The molecule has 7 heteroatoms. The number of aliphatic hydroxyl groups excluding tert-OH is 1. The minimum atomic E-state index is -0.158. The number of aryl methyl sites for hydroxylation is 1. The fraction of sp³-hybridized carbons (Fsp3) is 0.286. The minimum Gasteiger partial charge on any atom is -0.394 e. The van der Waals surface area contributed by atoms with Crippen molar-refractivity contribution in [2.24, 2.45) is 5.92 Å². The van der Waals surface area contributed by atoms with Crippen LogP contribution in [-0.4, -0.2) is 32.7 Å². The highest BCUT2D eigenvalue weighted by Crippen LogP contribution is 2.28. The Morgan fingerprint density at radius 3 is 2.54 bits per heavy atom. The quantitative estimate of drug-likeness (QED) is 0.537. The molecule has 0 bridgehead atoms. The van der Waals surface area contributed by atoms with E-state index in [2.05, 4.69) is 25.6 Å². The zero-order valence-electron chi connectivity index (χ0n) is 16.1. The minimum absolute atomic E-state index is 0.0125. The highest BCUT2D eigenvalue weighted by molar-refractivity contribution is 6.33. The summed E-state index contributed by atoms with van der Waals surface area (Å²) in [6.45, 7) is 6.04. The number of hydrogen-bond donors (Lipinski definition) is 3. The molecule has 0 radical (unpaired) electrons. The molecule has 28 heavy (non-hydrogen) atoms. The molecule has 1 aromatic carbocycles. The lowest BCUT2D eigenvalue weighted by Gasteiger charge is -2.20. The maximum Gasteiger partial charge on any atom is 0.225 e. The summed E-state index contributed by atoms with van der Waals surface area (Å²) < 4.78 is 0. The van der Waals surface area contributed by atoms with Gasteiger partial charge >= 0.3 is 0 Å². The van der Waals surface area contributed by atoms with E-state index >= 15 is 0 Å². The van der Waals surface area contributed by atoms with Crippen LogP contribution >= 0.6 is 11.6 Å². The van der Waals surface area contributed by atoms with Gasteiger partial charge in [0.1, 0.15) is 5.82 Å². The van der Waals surface area contributed by atoms with Crippen molar-refractivity contribution in [3.63, 3.8) is 0 Å². The van der Waals surface area contributed by atoms with Crippen molar-refractivity contribution in [3.8, 4) is 11.4 Å². The zero-order chi connectivity index (χ0) is 20.1. The van der Waals surface area contributed by atoms with Crippen molar-refractivity contribution >= 4 is 29.1 Å². The second-order valence-corrected chi connectivity index (χ2v) is 7.37. The molecule has 0 aliphatic carbocycles. The number of rotatable bonds is 7. The maximum atomic E-state index is 9.65. The topological polar surface area (TPSA) is 83.0 Å². The summed E-state index contributed by atoms with van der Waals surface area (Å²) in [5.74, 6) is 1.22. The molecule has 3 aromatic rings. The summed E-state index contributed by atoms with van der Waals surface area (Å²) >= 11 is 6.36. The predicted octanol–water partition coefficient (Wildman–Crippen LogP) is 4.67. The molecule has 3 rings (SSSR count). The summed E-state index contributed by atoms with van der Waals surface area (Å²) in [6, 6.07) is 13.1. The van der Waals surface area contributed by atoms with E-state index in [9.17, 15) is 5.11 Å². The zero-order valence-corrected chi connectivity index (χ0v) is 16.9. The Balaban J connectivity index is 1.99. The van der Waals surface area contributed by atoms with Gasteiger partial charge in [0.2, 0.25) is 5.95 Å². The Labute approximate surface area is 170 Å². The number of aliphatic hydroxyl groups is 1. The molecule has 0 amide bonds. The van der Waals surface area contributed by atoms with Gasteiger partial charge in [-0.2, -0.15) is 4.98 Å². The molecule has 6 nitrogen and oxygen atoms in total. The Hall–Kier alpha value is -2.70. The number of pyridine rings is 1. The predicted molar refractivity (Wildman–Crippen MR) is 114 cm³/mol. The lowest BCUT2D eigenvalue weighted by Crippen LogP contribution is -2.30. The molecule has 3 N–H and O–H groups in total. The van der Waals surface area contributed by atoms with Crippen LogP contribution in [0.15, 0.2) is 48.7 Å². The van der Waals surface area contributed by atoms with E-state index < -0.39 is 0 Å². The number of hydrogen-bond acceptors (Lipinski definition) is 6. The SMILES string of the molecule is Cc1ccc(Nc2cc(-c3ccccn3)nc(N[C@H](CO)C(C)C)n2)c(Cl)c1. The first-order valence-electron chi connectivity index (χ1n) is 9.17. The van der Waals surface area contributed by atoms with Crippen LogP contribution in [-0.2, 0) is 0 Å². The van der Waals surface area contributed by atoms with Crippen LogP contribution in [0.3, 0.4) is 0 Å². The van der Waals surface area contributed by atoms with Gasteiger partial charge in [-0.3, -0.25) is 4.98 Å². The molecule has 0 saturated carbocycles. The largest absolute Gasteiger partial charge is 0.394 e. The van der Waals surface area contributed by atoms with Gasteiger partial charge in [-0.25, -0.2) is 4.98 Å². The van der Waals surface area contributed by atoms with Crippen LogP contribution in [0.25, 0.3) is 11.4 Å². The molecular weight excluding hydrogens is 374 g/mol.